The zero-order chi connectivity index (χ0) is 10.9. The molecule has 3 nitrogen and oxygen atoms in total. The first-order valence-electron chi connectivity index (χ1n) is 4.89. The Kier molecular flexibility index (Phi) is 2.63. The molecule has 1 aliphatic rings. The number of nitrogens with one attached hydrogen (secondary N) is 1. The van der Waals surface area contributed by atoms with Crippen LogP contribution in [0.1, 0.15) is 5.56 Å². The highest BCUT2D eigenvalue weighted by atomic mass is 19.1. The fraction of sp³-hybridized carbons (Fsp3) is 0.455. The number of ether oxygens (including phenoxy) is 1. The molecule has 4 heteroatoms. The minimum Gasteiger partial charge on any atom is -0.496 e. The number of aliphatic hydroxyl groups is 1. The van der Waals surface area contributed by atoms with E-state index in [2.05, 4.69) is 5.32 Å². The topological polar surface area (TPSA) is 41.5 Å². The van der Waals surface area contributed by atoms with Gasteiger partial charge >= 0.3 is 0 Å². The van der Waals surface area contributed by atoms with Crippen molar-refractivity contribution in [2.45, 2.75) is 12.0 Å². The van der Waals surface area contributed by atoms with Gasteiger partial charge in [-0.25, -0.2) is 4.39 Å². The fourth-order valence-corrected chi connectivity index (χ4v) is 1.77. The van der Waals surface area contributed by atoms with Crippen LogP contribution in [0.4, 0.5) is 4.39 Å². The summed E-state index contributed by atoms with van der Waals surface area (Å²) in [5, 5.41) is 12.9. The molecular formula is C11H14FNO2. The fourth-order valence-electron chi connectivity index (χ4n) is 1.77. The number of rotatable bonds is 3. The molecule has 0 saturated carbocycles. The second-order valence-corrected chi connectivity index (χ2v) is 3.93. The predicted molar refractivity (Wildman–Crippen MR) is 54.5 cm³/mol. The van der Waals surface area contributed by atoms with E-state index in [4.69, 9.17) is 4.74 Å². The molecule has 0 atom stereocenters. The highest BCUT2D eigenvalue weighted by Gasteiger charge is 2.35. The third-order valence-corrected chi connectivity index (χ3v) is 2.71. The summed E-state index contributed by atoms with van der Waals surface area (Å²) >= 11 is 0. The van der Waals surface area contributed by atoms with Crippen LogP contribution in [0.15, 0.2) is 18.2 Å². The maximum Gasteiger partial charge on any atom is 0.130 e. The van der Waals surface area contributed by atoms with E-state index in [0.717, 1.165) is 0 Å². The summed E-state index contributed by atoms with van der Waals surface area (Å²) in [6.45, 7) is 1.01. The van der Waals surface area contributed by atoms with E-state index in [-0.39, 0.29) is 12.2 Å². The second kappa shape index (κ2) is 3.79. The number of methoxy groups -OCH3 is 1. The third kappa shape index (κ3) is 1.96. The molecule has 1 saturated heterocycles. The molecule has 15 heavy (non-hydrogen) atoms. The molecule has 2 rings (SSSR count). The number of hydrogen-bond acceptors (Lipinski definition) is 3. The van der Waals surface area contributed by atoms with Gasteiger partial charge in [-0.05, 0) is 12.1 Å². The number of benzene rings is 1. The number of β-amino-alcohol motifs (C(OH)–C–C–N with tert-alkyl or cyclic N) is 1. The van der Waals surface area contributed by atoms with Crippen LogP contribution in [0.25, 0.3) is 0 Å². The summed E-state index contributed by atoms with van der Waals surface area (Å²) in [5.41, 5.74) is -0.376. The molecule has 0 spiro atoms. The van der Waals surface area contributed by atoms with Gasteiger partial charge in [0.25, 0.3) is 0 Å². The molecule has 2 N–H and O–H groups in total. The van der Waals surface area contributed by atoms with Gasteiger partial charge in [-0.15, -0.1) is 0 Å². The molecule has 1 heterocycles. The Balaban J connectivity index is 2.26. The minimum absolute atomic E-state index is 0.288. The largest absolute Gasteiger partial charge is 0.496 e. The van der Waals surface area contributed by atoms with Gasteiger partial charge in [0.05, 0.1) is 12.7 Å². The molecule has 1 aromatic rings. The van der Waals surface area contributed by atoms with Crippen molar-refractivity contribution in [2.24, 2.45) is 0 Å². The van der Waals surface area contributed by atoms with Crippen LogP contribution in [-0.2, 0) is 6.42 Å². The molecule has 1 fully saturated rings. The van der Waals surface area contributed by atoms with Gasteiger partial charge in [0.15, 0.2) is 0 Å². The van der Waals surface area contributed by atoms with E-state index < -0.39 is 5.60 Å². The quantitative estimate of drug-likeness (QED) is 0.773. The van der Waals surface area contributed by atoms with E-state index in [1.54, 1.807) is 12.1 Å². The van der Waals surface area contributed by atoms with Crippen LogP contribution < -0.4 is 10.1 Å². The van der Waals surface area contributed by atoms with Gasteiger partial charge < -0.3 is 15.2 Å². The molecule has 0 aromatic heterocycles. The van der Waals surface area contributed by atoms with Crippen LogP contribution in [0, 0.1) is 5.82 Å². The zero-order valence-corrected chi connectivity index (χ0v) is 8.59. The van der Waals surface area contributed by atoms with Crippen LogP contribution in [0.3, 0.4) is 0 Å². The van der Waals surface area contributed by atoms with E-state index in [1.165, 1.54) is 13.2 Å². The first-order valence-corrected chi connectivity index (χ1v) is 4.89. The van der Waals surface area contributed by atoms with E-state index in [9.17, 15) is 9.50 Å². The monoisotopic (exact) mass is 211 g/mol. The summed E-state index contributed by atoms with van der Waals surface area (Å²) in [6.07, 6.45) is 0.288. The van der Waals surface area contributed by atoms with Crippen LogP contribution >= 0.6 is 0 Å². The van der Waals surface area contributed by atoms with Crippen LogP contribution in [-0.4, -0.2) is 30.9 Å². The molecule has 1 aliphatic heterocycles. The van der Waals surface area contributed by atoms with Crippen molar-refractivity contribution in [1.82, 2.24) is 5.32 Å². The van der Waals surface area contributed by atoms with Gasteiger partial charge in [0, 0.05) is 25.1 Å². The lowest BCUT2D eigenvalue weighted by Gasteiger charge is -2.38. The van der Waals surface area contributed by atoms with Gasteiger partial charge in [-0.3, -0.25) is 0 Å². The van der Waals surface area contributed by atoms with Crippen molar-refractivity contribution >= 4 is 0 Å². The average molecular weight is 211 g/mol. The molecule has 0 unspecified atom stereocenters. The molecule has 0 amide bonds. The lowest BCUT2D eigenvalue weighted by atomic mass is 9.88. The molecular weight excluding hydrogens is 197 g/mol. The van der Waals surface area contributed by atoms with E-state index in [0.29, 0.717) is 24.4 Å². The summed E-state index contributed by atoms with van der Waals surface area (Å²) in [4.78, 5) is 0. The summed E-state index contributed by atoms with van der Waals surface area (Å²) < 4.78 is 18.6. The van der Waals surface area contributed by atoms with Gasteiger partial charge in [0.1, 0.15) is 11.6 Å². The summed E-state index contributed by atoms with van der Waals surface area (Å²) in [5.74, 6) is 0.171. The Hall–Kier alpha value is -1.13. The zero-order valence-electron chi connectivity index (χ0n) is 8.59. The van der Waals surface area contributed by atoms with Crippen molar-refractivity contribution in [3.05, 3.63) is 29.6 Å². The molecule has 0 aliphatic carbocycles. The Morgan fingerprint density at radius 2 is 2.27 bits per heavy atom. The lowest BCUT2D eigenvalue weighted by molar-refractivity contribution is -0.0101. The third-order valence-electron chi connectivity index (χ3n) is 2.71. The number of hydrogen-bond donors (Lipinski definition) is 2. The smallest absolute Gasteiger partial charge is 0.130 e. The van der Waals surface area contributed by atoms with Crippen molar-refractivity contribution in [3.8, 4) is 5.75 Å². The first kappa shape index (κ1) is 10.4. The molecule has 0 radical (unpaired) electrons. The first-order chi connectivity index (χ1) is 7.14. The van der Waals surface area contributed by atoms with Gasteiger partial charge in [-0.2, -0.15) is 0 Å². The van der Waals surface area contributed by atoms with E-state index >= 15 is 0 Å². The SMILES string of the molecule is COc1cccc(F)c1CC1(O)CNC1. The highest BCUT2D eigenvalue weighted by molar-refractivity contribution is 5.36. The highest BCUT2D eigenvalue weighted by Crippen LogP contribution is 2.27. The van der Waals surface area contributed by atoms with Crippen LogP contribution in [0.2, 0.25) is 0 Å². The maximum absolute atomic E-state index is 13.5. The minimum atomic E-state index is -0.824. The van der Waals surface area contributed by atoms with Gasteiger partial charge in [0.2, 0.25) is 0 Å². The summed E-state index contributed by atoms with van der Waals surface area (Å²) in [7, 11) is 1.50. The Labute approximate surface area is 87.9 Å². The molecule has 82 valence electrons. The van der Waals surface area contributed by atoms with E-state index in [1.807, 2.05) is 0 Å². The van der Waals surface area contributed by atoms with Crippen molar-refractivity contribution in [1.29, 1.82) is 0 Å². The molecule has 0 bridgehead atoms. The van der Waals surface area contributed by atoms with Gasteiger partial charge in [-0.1, -0.05) is 6.07 Å². The average Bonchev–Trinajstić information content (AvgIpc) is 2.18. The van der Waals surface area contributed by atoms with Crippen molar-refractivity contribution in [3.63, 3.8) is 0 Å². The Morgan fingerprint density at radius 3 is 2.80 bits per heavy atom. The second-order valence-electron chi connectivity index (χ2n) is 3.93. The lowest BCUT2D eigenvalue weighted by Crippen LogP contribution is -2.60. The number of halogens is 1. The standard InChI is InChI=1S/C11H14FNO2/c1-15-10-4-2-3-9(12)8(10)5-11(14)6-13-7-11/h2-4,13-14H,5-7H2,1H3. The Morgan fingerprint density at radius 1 is 1.53 bits per heavy atom. The normalized spacial score (nSPS) is 18.3. The predicted octanol–water partition coefficient (Wildman–Crippen LogP) is 0.711. The maximum atomic E-state index is 13.5. The Bertz CT molecular complexity index is 364. The molecule has 1 aromatic carbocycles. The van der Waals surface area contributed by atoms with Crippen molar-refractivity contribution in [2.75, 3.05) is 20.2 Å². The van der Waals surface area contributed by atoms with Crippen molar-refractivity contribution < 1.29 is 14.2 Å². The summed E-state index contributed by atoms with van der Waals surface area (Å²) in [6, 6.07) is 4.68. The van der Waals surface area contributed by atoms with Crippen LogP contribution in [0.5, 0.6) is 5.75 Å².